The smallest absolute Gasteiger partial charge is 0.123 e. The van der Waals surface area contributed by atoms with Gasteiger partial charge < -0.3 is 5.32 Å². The monoisotopic (exact) mass is 195 g/mol. The molecule has 78 valence electrons. The normalized spacial score (nSPS) is 12.5. The van der Waals surface area contributed by atoms with Gasteiger partial charge in [0.1, 0.15) is 5.82 Å². The van der Waals surface area contributed by atoms with Crippen molar-refractivity contribution in [2.24, 2.45) is 5.92 Å². The lowest BCUT2D eigenvalue weighted by Gasteiger charge is -2.10. The highest BCUT2D eigenvalue weighted by Gasteiger charge is 1.98. The quantitative estimate of drug-likeness (QED) is 0.755. The zero-order valence-electron chi connectivity index (χ0n) is 8.89. The van der Waals surface area contributed by atoms with Gasteiger partial charge in [-0.15, -0.1) is 0 Å². The third-order valence-corrected chi connectivity index (χ3v) is 2.51. The standard InChI is InChI=1S/C12H18FN/c1-3-10(2)8-9-14-12-6-4-11(13)5-7-12/h4-7,10,14H,3,8-9H2,1-2H3. The molecule has 0 heterocycles. The molecule has 1 N–H and O–H groups in total. The molecule has 1 rings (SSSR count). The summed E-state index contributed by atoms with van der Waals surface area (Å²) in [6, 6.07) is 6.50. The lowest BCUT2D eigenvalue weighted by atomic mass is 10.1. The fourth-order valence-corrected chi connectivity index (χ4v) is 1.23. The van der Waals surface area contributed by atoms with Crippen LogP contribution in [0.2, 0.25) is 0 Å². The number of hydrogen-bond donors (Lipinski definition) is 1. The summed E-state index contributed by atoms with van der Waals surface area (Å²) in [5, 5.41) is 3.27. The van der Waals surface area contributed by atoms with Crippen molar-refractivity contribution in [1.82, 2.24) is 0 Å². The molecule has 1 aromatic rings. The molecule has 0 spiro atoms. The number of hydrogen-bond acceptors (Lipinski definition) is 1. The van der Waals surface area contributed by atoms with Crippen molar-refractivity contribution < 1.29 is 4.39 Å². The van der Waals surface area contributed by atoms with E-state index in [-0.39, 0.29) is 5.82 Å². The topological polar surface area (TPSA) is 12.0 Å². The molecule has 0 fully saturated rings. The Hall–Kier alpha value is -1.05. The fourth-order valence-electron chi connectivity index (χ4n) is 1.23. The van der Waals surface area contributed by atoms with Crippen molar-refractivity contribution in [2.45, 2.75) is 26.7 Å². The molecule has 0 radical (unpaired) electrons. The molecule has 1 atom stereocenters. The first-order chi connectivity index (χ1) is 6.72. The highest BCUT2D eigenvalue weighted by molar-refractivity contribution is 5.42. The van der Waals surface area contributed by atoms with Crippen LogP contribution in [0.25, 0.3) is 0 Å². The summed E-state index contributed by atoms with van der Waals surface area (Å²) in [6.45, 7) is 5.40. The van der Waals surface area contributed by atoms with Gasteiger partial charge in [0.05, 0.1) is 0 Å². The van der Waals surface area contributed by atoms with Gasteiger partial charge in [-0.2, -0.15) is 0 Å². The lowest BCUT2D eigenvalue weighted by molar-refractivity contribution is 0.532. The van der Waals surface area contributed by atoms with Crippen LogP contribution >= 0.6 is 0 Å². The summed E-state index contributed by atoms with van der Waals surface area (Å²) in [4.78, 5) is 0. The highest BCUT2D eigenvalue weighted by Crippen LogP contribution is 2.10. The van der Waals surface area contributed by atoms with E-state index in [0.717, 1.165) is 24.6 Å². The minimum atomic E-state index is -0.183. The molecule has 2 heteroatoms. The molecule has 0 aliphatic rings. The first-order valence-corrected chi connectivity index (χ1v) is 5.21. The average Bonchev–Trinajstić information content (AvgIpc) is 2.21. The van der Waals surface area contributed by atoms with E-state index < -0.39 is 0 Å². The number of benzene rings is 1. The van der Waals surface area contributed by atoms with Crippen molar-refractivity contribution in [2.75, 3.05) is 11.9 Å². The Kier molecular flexibility index (Phi) is 4.44. The Morgan fingerprint density at radius 2 is 1.93 bits per heavy atom. The average molecular weight is 195 g/mol. The number of anilines is 1. The van der Waals surface area contributed by atoms with E-state index in [4.69, 9.17) is 0 Å². The van der Waals surface area contributed by atoms with Crippen LogP contribution in [0.3, 0.4) is 0 Å². The van der Waals surface area contributed by atoms with Gasteiger partial charge in [0, 0.05) is 12.2 Å². The third-order valence-electron chi connectivity index (χ3n) is 2.51. The fraction of sp³-hybridized carbons (Fsp3) is 0.500. The van der Waals surface area contributed by atoms with Crippen LogP contribution in [0.1, 0.15) is 26.7 Å². The predicted octanol–water partition coefficient (Wildman–Crippen LogP) is 3.67. The Morgan fingerprint density at radius 1 is 1.29 bits per heavy atom. The SMILES string of the molecule is CCC(C)CCNc1ccc(F)cc1. The molecular formula is C12H18FN. The maximum absolute atomic E-state index is 12.6. The van der Waals surface area contributed by atoms with E-state index in [0.29, 0.717) is 0 Å². The molecule has 1 unspecified atom stereocenters. The Bertz CT molecular complexity index is 256. The van der Waals surface area contributed by atoms with Gasteiger partial charge in [-0.1, -0.05) is 20.3 Å². The summed E-state index contributed by atoms with van der Waals surface area (Å²) >= 11 is 0. The minimum absolute atomic E-state index is 0.183. The van der Waals surface area contributed by atoms with Crippen LogP contribution in [0.5, 0.6) is 0 Å². The Morgan fingerprint density at radius 3 is 2.50 bits per heavy atom. The second-order valence-electron chi connectivity index (χ2n) is 3.74. The molecule has 0 amide bonds. The first kappa shape index (κ1) is 11.0. The van der Waals surface area contributed by atoms with Gasteiger partial charge >= 0.3 is 0 Å². The van der Waals surface area contributed by atoms with Gasteiger partial charge in [-0.25, -0.2) is 4.39 Å². The molecule has 1 nitrogen and oxygen atoms in total. The van der Waals surface area contributed by atoms with E-state index in [2.05, 4.69) is 19.2 Å². The molecule has 0 aliphatic carbocycles. The van der Waals surface area contributed by atoms with Crippen LogP contribution in [-0.4, -0.2) is 6.54 Å². The maximum atomic E-state index is 12.6. The maximum Gasteiger partial charge on any atom is 0.123 e. The van der Waals surface area contributed by atoms with Crippen LogP contribution in [0.15, 0.2) is 24.3 Å². The lowest BCUT2D eigenvalue weighted by Crippen LogP contribution is -2.05. The summed E-state index contributed by atoms with van der Waals surface area (Å²) < 4.78 is 12.6. The summed E-state index contributed by atoms with van der Waals surface area (Å²) in [5.74, 6) is 0.570. The van der Waals surface area contributed by atoms with E-state index in [1.165, 1.54) is 18.6 Å². The summed E-state index contributed by atoms with van der Waals surface area (Å²) in [6.07, 6.45) is 2.37. The molecule has 0 bridgehead atoms. The number of halogens is 1. The molecule has 0 saturated carbocycles. The summed E-state index contributed by atoms with van der Waals surface area (Å²) in [7, 11) is 0. The number of nitrogens with one attached hydrogen (secondary N) is 1. The molecular weight excluding hydrogens is 177 g/mol. The van der Waals surface area contributed by atoms with Gasteiger partial charge in [0.2, 0.25) is 0 Å². The molecule has 1 aromatic carbocycles. The minimum Gasteiger partial charge on any atom is -0.385 e. The van der Waals surface area contributed by atoms with Gasteiger partial charge in [-0.05, 0) is 36.6 Å². The van der Waals surface area contributed by atoms with Gasteiger partial charge in [0.25, 0.3) is 0 Å². The third kappa shape index (κ3) is 3.77. The zero-order valence-corrected chi connectivity index (χ0v) is 8.89. The second-order valence-corrected chi connectivity index (χ2v) is 3.74. The Labute approximate surface area is 85.3 Å². The van der Waals surface area contributed by atoms with Crippen molar-refractivity contribution in [3.8, 4) is 0 Å². The molecule has 0 aliphatic heterocycles. The van der Waals surface area contributed by atoms with E-state index in [1.54, 1.807) is 12.1 Å². The Balaban J connectivity index is 2.28. The molecule has 0 aromatic heterocycles. The number of rotatable bonds is 5. The first-order valence-electron chi connectivity index (χ1n) is 5.21. The second kappa shape index (κ2) is 5.63. The van der Waals surface area contributed by atoms with Crippen molar-refractivity contribution in [1.29, 1.82) is 0 Å². The van der Waals surface area contributed by atoms with Crippen molar-refractivity contribution >= 4 is 5.69 Å². The zero-order chi connectivity index (χ0) is 10.4. The van der Waals surface area contributed by atoms with Crippen molar-refractivity contribution in [3.63, 3.8) is 0 Å². The predicted molar refractivity (Wildman–Crippen MR) is 59.0 cm³/mol. The van der Waals surface area contributed by atoms with Crippen LogP contribution in [0.4, 0.5) is 10.1 Å². The van der Waals surface area contributed by atoms with E-state index in [1.807, 2.05) is 0 Å². The van der Waals surface area contributed by atoms with Gasteiger partial charge in [0.15, 0.2) is 0 Å². The van der Waals surface area contributed by atoms with Crippen LogP contribution < -0.4 is 5.32 Å². The van der Waals surface area contributed by atoms with Gasteiger partial charge in [-0.3, -0.25) is 0 Å². The van der Waals surface area contributed by atoms with E-state index >= 15 is 0 Å². The molecule has 0 saturated heterocycles. The van der Waals surface area contributed by atoms with Crippen LogP contribution in [0, 0.1) is 11.7 Å². The summed E-state index contributed by atoms with van der Waals surface area (Å²) in [5.41, 5.74) is 0.995. The highest BCUT2D eigenvalue weighted by atomic mass is 19.1. The van der Waals surface area contributed by atoms with Crippen LogP contribution in [-0.2, 0) is 0 Å². The largest absolute Gasteiger partial charge is 0.385 e. The van der Waals surface area contributed by atoms with E-state index in [9.17, 15) is 4.39 Å². The van der Waals surface area contributed by atoms with Crippen molar-refractivity contribution in [3.05, 3.63) is 30.1 Å². The molecule has 14 heavy (non-hydrogen) atoms.